The van der Waals surface area contributed by atoms with Gasteiger partial charge in [0.25, 0.3) is 5.91 Å². The Morgan fingerprint density at radius 3 is 2.38 bits per heavy atom. The smallest absolute Gasteiger partial charge is 0.251 e. The number of nitrogens with one attached hydrogen (secondary N) is 1. The summed E-state index contributed by atoms with van der Waals surface area (Å²) in [4.78, 5) is 15.2. The van der Waals surface area contributed by atoms with E-state index >= 15 is 0 Å². The van der Waals surface area contributed by atoms with Crippen molar-refractivity contribution in [2.24, 2.45) is 11.8 Å². The van der Waals surface area contributed by atoms with Gasteiger partial charge in [0.05, 0.1) is 4.90 Å². The molecule has 162 valence electrons. The number of carbonyl (C=O) groups is 1. The number of piperidine rings is 1. The lowest BCUT2D eigenvalue weighted by atomic mass is 9.94. The van der Waals surface area contributed by atoms with Crippen molar-refractivity contribution in [2.45, 2.75) is 50.8 Å². The molecule has 2 saturated heterocycles. The SMILES string of the molecule is CC1CC(C)CN(S(=O)(=O)c2cccc(C(=O)NCCN3CCCCCC3)c2)C1. The van der Waals surface area contributed by atoms with E-state index in [1.165, 1.54) is 31.7 Å². The molecule has 2 aliphatic rings. The largest absolute Gasteiger partial charge is 0.351 e. The minimum Gasteiger partial charge on any atom is -0.351 e. The fourth-order valence-electron chi connectivity index (χ4n) is 4.54. The summed E-state index contributed by atoms with van der Waals surface area (Å²) in [5.41, 5.74) is 0.403. The van der Waals surface area contributed by atoms with Crippen LogP contribution in [-0.2, 0) is 10.0 Å². The molecule has 0 bridgehead atoms. The summed E-state index contributed by atoms with van der Waals surface area (Å²) in [6.45, 7) is 8.87. The Kier molecular flexibility index (Phi) is 7.71. The lowest BCUT2D eigenvalue weighted by molar-refractivity contribution is 0.0948. The Hall–Kier alpha value is -1.44. The molecular weight excluding hydrogens is 386 g/mol. The highest BCUT2D eigenvalue weighted by Crippen LogP contribution is 2.27. The molecule has 0 radical (unpaired) electrons. The maximum absolute atomic E-state index is 13.1. The van der Waals surface area contributed by atoms with Crippen molar-refractivity contribution in [3.63, 3.8) is 0 Å². The Labute approximate surface area is 175 Å². The van der Waals surface area contributed by atoms with Crippen LogP contribution in [0.4, 0.5) is 0 Å². The second kappa shape index (κ2) is 10.0. The minimum atomic E-state index is -3.58. The van der Waals surface area contributed by atoms with Gasteiger partial charge in [-0.25, -0.2) is 8.42 Å². The third-order valence-corrected chi connectivity index (χ3v) is 7.81. The van der Waals surface area contributed by atoms with Crippen LogP contribution >= 0.6 is 0 Å². The predicted octanol–water partition coefficient (Wildman–Crippen LogP) is 2.96. The first-order valence-electron chi connectivity index (χ1n) is 11.0. The number of benzene rings is 1. The van der Waals surface area contributed by atoms with E-state index in [0.29, 0.717) is 37.0 Å². The van der Waals surface area contributed by atoms with Crippen LogP contribution in [0.5, 0.6) is 0 Å². The Morgan fingerprint density at radius 1 is 1.07 bits per heavy atom. The molecule has 2 fully saturated rings. The molecule has 0 saturated carbocycles. The molecule has 7 heteroatoms. The summed E-state index contributed by atoms with van der Waals surface area (Å²) in [5, 5.41) is 2.95. The Balaban J connectivity index is 1.61. The summed E-state index contributed by atoms with van der Waals surface area (Å²) >= 11 is 0. The summed E-state index contributed by atoms with van der Waals surface area (Å²) in [6.07, 6.45) is 6.08. The summed E-state index contributed by atoms with van der Waals surface area (Å²) in [6, 6.07) is 6.45. The fraction of sp³-hybridized carbons (Fsp3) is 0.682. The van der Waals surface area contributed by atoms with E-state index in [1.54, 1.807) is 22.5 Å². The standard InChI is InChI=1S/C22H35N3O3S/c1-18-14-19(2)17-25(16-18)29(27,28)21-9-7-8-20(15-21)22(26)23-10-13-24-11-5-3-4-6-12-24/h7-9,15,18-19H,3-6,10-14,16-17H2,1-2H3,(H,23,26). The van der Waals surface area contributed by atoms with Crippen molar-refractivity contribution >= 4 is 15.9 Å². The molecule has 3 rings (SSSR count). The predicted molar refractivity (Wildman–Crippen MR) is 115 cm³/mol. The van der Waals surface area contributed by atoms with Crippen molar-refractivity contribution in [1.29, 1.82) is 0 Å². The van der Waals surface area contributed by atoms with Gasteiger partial charge in [-0.1, -0.05) is 32.8 Å². The van der Waals surface area contributed by atoms with Crippen LogP contribution < -0.4 is 5.32 Å². The van der Waals surface area contributed by atoms with E-state index in [2.05, 4.69) is 24.1 Å². The number of likely N-dealkylation sites (tertiary alicyclic amines) is 1. The van der Waals surface area contributed by atoms with Gasteiger partial charge in [0, 0.05) is 31.7 Å². The lowest BCUT2D eigenvalue weighted by Gasteiger charge is -2.34. The number of sulfonamides is 1. The normalized spacial score (nSPS) is 24.8. The van der Waals surface area contributed by atoms with Crippen molar-refractivity contribution in [1.82, 2.24) is 14.5 Å². The van der Waals surface area contributed by atoms with Gasteiger partial charge in [-0.2, -0.15) is 4.31 Å². The maximum atomic E-state index is 13.1. The lowest BCUT2D eigenvalue weighted by Crippen LogP contribution is -2.42. The monoisotopic (exact) mass is 421 g/mol. The first kappa shape index (κ1) is 22.2. The van der Waals surface area contributed by atoms with Gasteiger partial charge in [0.15, 0.2) is 0 Å². The number of carbonyl (C=O) groups excluding carboxylic acids is 1. The minimum absolute atomic E-state index is 0.207. The summed E-state index contributed by atoms with van der Waals surface area (Å²) in [5.74, 6) is 0.482. The van der Waals surface area contributed by atoms with E-state index in [0.717, 1.165) is 26.1 Å². The highest BCUT2D eigenvalue weighted by atomic mass is 32.2. The van der Waals surface area contributed by atoms with E-state index in [4.69, 9.17) is 0 Å². The molecule has 0 aliphatic carbocycles. The summed E-state index contributed by atoms with van der Waals surface area (Å²) < 4.78 is 27.8. The molecule has 1 N–H and O–H groups in total. The highest BCUT2D eigenvalue weighted by molar-refractivity contribution is 7.89. The number of amides is 1. The van der Waals surface area contributed by atoms with Crippen LogP contribution in [0.25, 0.3) is 0 Å². The third-order valence-electron chi connectivity index (χ3n) is 5.98. The fourth-order valence-corrected chi connectivity index (χ4v) is 6.26. The number of rotatable bonds is 6. The van der Waals surface area contributed by atoms with Crippen molar-refractivity contribution in [3.05, 3.63) is 29.8 Å². The molecule has 2 atom stereocenters. The van der Waals surface area contributed by atoms with Crippen LogP contribution in [0.15, 0.2) is 29.2 Å². The number of hydrogen-bond acceptors (Lipinski definition) is 4. The molecule has 2 heterocycles. The van der Waals surface area contributed by atoms with Crippen LogP contribution in [0.3, 0.4) is 0 Å². The van der Waals surface area contributed by atoms with Crippen LogP contribution in [0, 0.1) is 11.8 Å². The van der Waals surface area contributed by atoms with Gasteiger partial charge in [-0.3, -0.25) is 4.79 Å². The number of nitrogens with zero attached hydrogens (tertiary/aromatic N) is 2. The second-order valence-electron chi connectivity index (χ2n) is 8.81. The van der Waals surface area contributed by atoms with Crippen LogP contribution in [0.2, 0.25) is 0 Å². The van der Waals surface area contributed by atoms with Gasteiger partial charge >= 0.3 is 0 Å². The Bertz CT molecular complexity index is 778. The molecule has 29 heavy (non-hydrogen) atoms. The van der Waals surface area contributed by atoms with Gasteiger partial charge in [0.2, 0.25) is 10.0 Å². The van der Waals surface area contributed by atoms with E-state index in [1.807, 2.05) is 0 Å². The molecule has 2 unspecified atom stereocenters. The zero-order chi connectivity index (χ0) is 20.9. The maximum Gasteiger partial charge on any atom is 0.251 e. The zero-order valence-corrected chi connectivity index (χ0v) is 18.6. The molecule has 0 spiro atoms. The first-order valence-corrected chi connectivity index (χ1v) is 12.4. The zero-order valence-electron chi connectivity index (χ0n) is 17.8. The van der Waals surface area contributed by atoms with Gasteiger partial charge in [-0.05, 0) is 62.4 Å². The van der Waals surface area contributed by atoms with Crippen molar-refractivity contribution < 1.29 is 13.2 Å². The molecule has 0 aromatic heterocycles. The van der Waals surface area contributed by atoms with E-state index in [-0.39, 0.29) is 10.8 Å². The first-order chi connectivity index (χ1) is 13.9. The third kappa shape index (κ3) is 6.03. The molecule has 1 aromatic rings. The second-order valence-corrected chi connectivity index (χ2v) is 10.7. The van der Waals surface area contributed by atoms with Crippen molar-refractivity contribution in [3.8, 4) is 0 Å². The number of hydrogen-bond donors (Lipinski definition) is 1. The molecule has 6 nitrogen and oxygen atoms in total. The molecule has 1 amide bonds. The van der Waals surface area contributed by atoms with Gasteiger partial charge in [0.1, 0.15) is 0 Å². The topological polar surface area (TPSA) is 69.7 Å². The van der Waals surface area contributed by atoms with Crippen molar-refractivity contribution in [2.75, 3.05) is 39.3 Å². The molecule has 2 aliphatic heterocycles. The average molecular weight is 422 g/mol. The molecular formula is C22H35N3O3S. The van der Waals surface area contributed by atoms with Crippen LogP contribution in [0.1, 0.15) is 56.3 Å². The molecule has 1 aromatic carbocycles. The van der Waals surface area contributed by atoms with Gasteiger partial charge < -0.3 is 10.2 Å². The van der Waals surface area contributed by atoms with Gasteiger partial charge in [-0.15, -0.1) is 0 Å². The highest BCUT2D eigenvalue weighted by Gasteiger charge is 2.31. The van der Waals surface area contributed by atoms with E-state index < -0.39 is 10.0 Å². The quantitative estimate of drug-likeness (QED) is 0.767. The summed E-state index contributed by atoms with van der Waals surface area (Å²) in [7, 11) is -3.58. The van der Waals surface area contributed by atoms with Crippen LogP contribution in [-0.4, -0.2) is 62.8 Å². The Morgan fingerprint density at radius 2 is 1.72 bits per heavy atom. The van der Waals surface area contributed by atoms with E-state index in [9.17, 15) is 13.2 Å². The average Bonchev–Trinajstić information content (AvgIpc) is 2.96.